The van der Waals surface area contributed by atoms with E-state index in [9.17, 15) is 9.18 Å². The second-order valence-corrected chi connectivity index (χ2v) is 7.47. The van der Waals surface area contributed by atoms with E-state index in [1.54, 1.807) is 23.1 Å². The van der Waals surface area contributed by atoms with Crippen molar-refractivity contribution in [2.24, 2.45) is 0 Å². The van der Waals surface area contributed by atoms with Gasteiger partial charge in [-0.3, -0.25) is 4.79 Å². The number of benzene rings is 2. The molecule has 2 heterocycles. The lowest BCUT2D eigenvalue weighted by Crippen LogP contribution is -2.28. The summed E-state index contributed by atoms with van der Waals surface area (Å²) >= 11 is 0. The number of aromatic nitrogens is 1. The first kappa shape index (κ1) is 19.2. The van der Waals surface area contributed by atoms with Crippen LogP contribution in [0, 0.1) is 19.7 Å². The molecule has 0 N–H and O–H groups in total. The molecule has 3 aromatic rings. The highest BCUT2D eigenvalue weighted by Gasteiger charge is 2.30. The van der Waals surface area contributed by atoms with E-state index in [4.69, 9.17) is 9.26 Å². The van der Waals surface area contributed by atoms with Crippen LogP contribution in [-0.4, -0.2) is 29.1 Å². The lowest BCUT2D eigenvalue weighted by atomic mass is 9.98. The zero-order valence-electron chi connectivity index (χ0n) is 16.5. The fourth-order valence-corrected chi connectivity index (χ4v) is 3.61. The van der Waals surface area contributed by atoms with E-state index in [0.717, 1.165) is 17.7 Å². The Balaban J connectivity index is 1.37. The quantitative estimate of drug-likeness (QED) is 0.633. The van der Waals surface area contributed by atoms with Gasteiger partial charge in [-0.2, -0.15) is 0 Å². The third-order valence-electron chi connectivity index (χ3n) is 5.46. The van der Waals surface area contributed by atoms with E-state index in [1.807, 2.05) is 38.1 Å². The molecule has 4 rings (SSSR count). The van der Waals surface area contributed by atoms with Crippen molar-refractivity contribution in [2.75, 3.05) is 13.1 Å². The summed E-state index contributed by atoms with van der Waals surface area (Å²) in [6.07, 6.45) is 0.729. The van der Waals surface area contributed by atoms with Crippen LogP contribution in [0.25, 0.3) is 0 Å². The summed E-state index contributed by atoms with van der Waals surface area (Å²) in [6, 6.07) is 14.2. The van der Waals surface area contributed by atoms with Crippen molar-refractivity contribution in [3.63, 3.8) is 0 Å². The average Bonchev–Trinajstić information content (AvgIpc) is 3.39. The molecule has 5 nitrogen and oxygen atoms in total. The second kappa shape index (κ2) is 8.07. The molecule has 1 fully saturated rings. The molecule has 0 radical (unpaired) electrons. The first-order valence-corrected chi connectivity index (χ1v) is 9.70. The minimum atomic E-state index is -0.223. The maximum atomic E-state index is 14.0. The van der Waals surface area contributed by atoms with Crippen LogP contribution in [0.2, 0.25) is 0 Å². The van der Waals surface area contributed by atoms with Crippen molar-refractivity contribution in [3.05, 3.63) is 82.5 Å². The summed E-state index contributed by atoms with van der Waals surface area (Å²) in [7, 11) is 0. The molecular formula is C23H23FN2O3. The van der Waals surface area contributed by atoms with Crippen molar-refractivity contribution in [1.82, 2.24) is 10.1 Å². The number of ether oxygens (including phenoxy) is 1. The van der Waals surface area contributed by atoms with Crippen LogP contribution in [0.5, 0.6) is 5.75 Å². The van der Waals surface area contributed by atoms with Gasteiger partial charge in [0.05, 0.1) is 0 Å². The van der Waals surface area contributed by atoms with Crippen molar-refractivity contribution in [3.8, 4) is 5.75 Å². The summed E-state index contributed by atoms with van der Waals surface area (Å²) in [4.78, 5) is 14.4. The molecule has 1 aliphatic heterocycles. The Bertz CT molecular complexity index is 1030. The molecule has 0 unspecified atom stereocenters. The van der Waals surface area contributed by atoms with Gasteiger partial charge in [0, 0.05) is 25.1 Å². The summed E-state index contributed by atoms with van der Waals surface area (Å²) in [5, 5.41) is 3.90. The highest BCUT2D eigenvalue weighted by molar-refractivity contribution is 5.92. The molecule has 0 saturated carbocycles. The Morgan fingerprint density at radius 1 is 1.21 bits per heavy atom. The smallest absolute Gasteiger partial charge is 0.276 e. The van der Waals surface area contributed by atoms with Gasteiger partial charge in [-0.05, 0) is 55.2 Å². The van der Waals surface area contributed by atoms with Gasteiger partial charge in [0.25, 0.3) is 5.91 Å². The largest absolute Gasteiger partial charge is 0.486 e. The predicted molar refractivity (Wildman–Crippen MR) is 106 cm³/mol. The third-order valence-corrected chi connectivity index (χ3v) is 5.46. The molecular weight excluding hydrogens is 371 g/mol. The van der Waals surface area contributed by atoms with Crippen LogP contribution in [-0.2, 0) is 6.61 Å². The van der Waals surface area contributed by atoms with Gasteiger partial charge < -0.3 is 14.2 Å². The summed E-state index contributed by atoms with van der Waals surface area (Å²) < 4.78 is 25.0. The van der Waals surface area contributed by atoms with Crippen molar-refractivity contribution in [2.45, 2.75) is 32.8 Å². The van der Waals surface area contributed by atoms with E-state index in [2.05, 4.69) is 5.16 Å². The topological polar surface area (TPSA) is 55.6 Å². The Kier molecular flexibility index (Phi) is 5.34. The Labute approximate surface area is 169 Å². The minimum Gasteiger partial charge on any atom is -0.486 e. The van der Waals surface area contributed by atoms with Crippen LogP contribution >= 0.6 is 0 Å². The number of amides is 1. The maximum Gasteiger partial charge on any atom is 0.276 e. The fraction of sp³-hybridized carbons (Fsp3) is 0.304. The number of hydrogen-bond acceptors (Lipinski definition) is 4. The van der Waals surface area contributed by atoms with Crippen LogP contribution < -0.4 is 4.74 Å². The van der Waals surface area contributed by atoms with Crippen LogP contribution in [0.15, 0.2) is 53.1 Å². The molecule has 2 aromatic carbocycles. The highest BCUT2D eigenvalue weighted by Crippen LogP contribution is 2.29. The number of carbonyl (C=O) groups is 1. The Morgan fingerprint density at radius 3 is 2.83 bits per heavy atom. The molecule has 1 aromatic heterocycles. The molecule has 1 amide bonds. The molecule has 0 bridgehead atoms. The third kappa shape index (κ3) is 4.16. The first-order chi connectivity index (χ1) is 14.0. The molecule has 1 atom stereocenters. The molecule has 150 valence electrons. The zero-order chi connectivity index (χ0) is 20.4. The molecule has 6 heteroatoms. The van der Waals surface area contributed by atoms with Gasteiger partial charge in [-0.25, -0.2) is 4.39 Å². The van der Waals surface area contributed by atoms with Crippen molar-refractivity contribution < 1.29 is 18.4 Å². The number of rotatable bonds is 5. The van der Waals surface area contributed by atoms with Crippen molar-refractivity contribution in [1.29, 1.82) is 0 Å². The SMILES string of the molecule is Cc1ccc(OCc2cc(C(=O)N3CC[C@@H](c4ccccc4F)C3)no2)cc1C. The summed E-state index contributed by atoms with van der Waals surface area (Å²) in [5.74, 6) is 0.796. The number of carbonyl (C=O) groups excluding carboxylic acids is 1. The van der Waals surface area contributed by atoms with Crippen LogP contribution in [0.4, 0.5) is 4.39 Å². The highest BCUT2D eigenvalue weighted by atomic mass is 19.1. The number of halogens is 1. The number of likely N-dealkylation sites (tertiary alicyclic amines) is 1. The average molecular weight is 394 g/mol. The lowest BCUT2D eigenvalue weighted by molar-refractivity contribution is 0.0780. The van der Waals surface area contributed by atoms with E-state index < -0.39 is 0 Å². The van der Waals surface area contributed by atoms with Gasteiger partial charge >= 0.3 is 0 Å². The van der Waals surface area contributed by atoms with Crippen LogP contribution in [0.1, 0.15) is 45.3 Å². The van der Waals surface area contributed by atoms with E-state index in [-0.39, 0.29) is 29.9 Å². The Hall–Kier alpha value is -3.15. The predicted octanol–water partition coefficient (Wildman–Crippen LogP) is 4.64. The number of hydrogen-bond donors (Lipinski definition) is 0. The summed E-state index contributed by atoms with van der Waals surface area (Å²) in [6.45, 7) is 5.31. The van der Waals surface area contributed by atoms with E-state index >= 15 is 0 Å². The first-order valence-electron chi connectivity index (χ1n) is 9.70. The molecule has 0 spiro atoms. The van der Waals surface area contributed by atoms with Gasteiger partial charge in [0.15, 0.2) is 11.5 Å². The van der Waals surface area contributed by atoms with Gasteiger partial charge in [-0.15, -0.1) is 0 Å². The number of nitrogens with zero attached hydrogens (tertiary/aromatic N) is 2. The monoisotopic (exact) mass is 394 g/mol. The molecule has 29 heavy (non-hydrogen) atoms. The lowest BCUT2D eigenvalue weighted by Gasteiger charge is -2.15. The van der Waals surface area contributed by atoms with Gasteiger partial charge in [-0.1, -0.05) is 29.4 Å². The molecule has 1 aliphatic rings. The van der Waals surface area contributed by atoms with E-state index in [1.165, 1.54) is 11.6 Å². The Morgan fingerprint density at radius 2 is 2.03 bits per heavy atom. The standard InChI is InChI=1S/C23H23FN2O3/c1-15-7-8-18(11-16(15)2)28-14-19-12-22(25-29-19)23(27)26-10-9-17(13-26)20-5-3-4-6-21(20)24/h3-8,11-12,17H,9-10,13-14H2,1-2H3/t17-/m1/s1. The number of aryl methyl sites for hydroxylation is 2. The van der Waals surface area contributed by atoms with Gasteiger partial charge in [0.1, 0.15) is 18.2 Å². The van der Waals surface area contributed by atoms with Gasteiger partial charge in [0.2, 0.25) is 0 Å². The zero-order valence-corrected chi connectivity index (χ0v) is 16.5. The normalized spacial score (nSPS) is 16.2. The fourth-order valence-electron chi connectivity index (χ4n) is 3.61. The maximum absolute atomic E-state index is 14.0. The second-order valence-electron chi connectivity index (χ2n) is 7.47. The van der Waals surface area contributed by atoms with Crippen molar-refractivity contribution >= 4 is 5.91 Å². The summed E-state index contributed by atoms with van der Waals surface area (Å²) in [5.41, 5.74) is 3.25. The van der Waals surface area contributed by atoms with E-state index in [0.29, 0.717) is 24.4 Å². The molecule has 0 aliphatic carbocycles. The van der Waals surface area contributed by atoms with Crippen LogP contribution in [0.3, 0.4) is 0 Å². The molecule has 1 saturated heterocycles. The minimum absolute atomic E-state index is 0.000341.